The number of aliphatic carboxylic acids is 1. The van der Waals surface area contributed by atoms with Gasteiger partial charge in [-0.05, 0) is 39.0 Å². The molecule has 0 spiro atoms. The largest absolute Gasteiger partial charge is 0.481 e. The Morgan fingerprint density at radius 3 is 2.80 bits per heavy atom. The van der Waals surface area contributed by atoms with Gasteiger partial charge < -0.3 is 10.4 Å². The van der Waals surface area contributed by atoms with E-state index in [1.54, 1.807) is 11.3 Å². The van der Waals surface area contributed by atoms with E-state index in [1.807, 2.05) is 12.4 Å². The van der Waals surface area contributed by atoms with Crippen molar-refractivity contribution in [2.24, 2.45) is 11.8 Å². The Labute approximate surface area is 122 Å². The van der Waals surface area contributed by atoms with Crippen LogP contribution in [0.3, 0.4) is 0 Å². The van der Waals surface area contributed by atoms with Crippen molar-refractivity contribution in [1.82, 2.24) is 10.3 Å². The highest BCUT2D eigenvalue weighted by molar-refractivity contribution is 7.09. The summed E-state index contributed by atoms with van der Waals surface area (Å²) < 4.78 is 0. The topological polar surface area (TPSA) is 79.3 Å². The summed E-state index contributed by atoms with van der Waals surface area (Å²) >= 11 is 1.65. The Morgan fingerprint density at radius 1 is 1.45 bits per heavy atom. The highest BCUT2D eigenvalue weighted by Gasteiger charge is 2.33. The van der Waals surface area contributed by atoms with E-state index in [-0.39, 0.29) is 17.7 Å². The Bertz CT molecular complexity index is 487. The molecule has 0 saturated heterocycles. The second-order valence-electron chi connectivity index (χ2n) is 5.30. The number of carbonyl (C=O) groups excluding carboxylic acids is 1. The van der Waals surface area contributed by atoms with Crippen molar-refractivity contribution in [3.63, 3.8) is 0 Å². The molecule has 1 aliphatic rings. The van der Waals surface area contributed by atoms with Gasteiger partial charge in [-0.2, -0.15) is 0 Å². The first kappa shape index (κ1) is 15.0. The SMILES string of the molecule is Cc1ncsc1CCCNC(=O)[C@H]1CC[C@@H](C(=O)O)C1. The van der Waals surface area contributed by atoms with Gasteiger partial charge in [0.15, 0.2) is 0 Å². The lowest BCUT2D eigenvalue weighted by Crippen LogP contribution is -2.30. The van der Waals surface area contributed by atoms with Gasteiger partial charge in [0.25, 0.3) is 0 Å². The number of carbonyl (C=O) groups is 2. The molecule has 0 unspecified atom stereocenters. The van der Waals surface area contributed by atoms with Crippen molar-refractivity contribution in [2.75, 3.05) is 6.54 Å². The number of hydrogen-bond donors (Lipinski definition) is 2. The van der Waals surface area contributed by atoms with Gasteiger partial charge in [0.2, 0.25) is 5.91 Å². The number of carboxylic acid groups (broad SMARTS) is 1. The number of rotatable bonds is 6. The van der Waals surface area contributed by atoms with E-state index in [0.717, 1.165) is 18.5 Å². The molecule has 1 amide bonds. The second-order valence-corrected chi connectivity index (χ2v) is 6.24. The van der Waals surface area contributed by atoms with E-state index in [2.05, 4.69) is 10.3 Å². The van der Waals surface area contributed by atoms with Crippen LogP contribution >= 0.6 is 11.3 Å². The minimum absolute atomic E-state index is 0.00905. The molecule has 1 aliphatic carbocycles. The lowest BCUT2D eigenvalue weighted by atomic mass is 10.0. The van der Waals surface area contributed by atoms with Crippen LogP contribution in [0.5, 0.6) is 0 Å². The fourth-order valence-corrected chi connectivity index (χ4v) is 3.44. The third-order valence-corrected chi connectivity index (χ3v) is 4.87. The van der Waals surface area contributed by atoms with Gasteiger partial charge in [-0.3, -0.25) is 9.59 Å². The first-order valence-electron chi connectivity index (χ1n) is 6.97. The van der Waals surface area contributed by atoms with Crippen molar-refractivity contribution >= 4 is 23.2 Å². The molecule has 1 aromatic rings. The van der Waals surface area contributed by atoms with Crippen LogP contribution in [0.2, 0.25) is 0 Å². The number of aryl methyl sites for hydroxylation is 2. The number of nitrogens with one attached hydrogen (secondary N) is 1. The van der Waals surface area contributed by atoms with Crippen LogP contribution in [0.15, 0.2) is 5.51 Å². The molecule has 110 valence electrons. The Morgan fingerprint density at radius 2 is 2.20 bits per heavy atom. The van der Waals surface area contributed by atoms with Crippen LogP contribution in [-0.4, -0.2) is 28.5 Å². The lowest BCUT2D eigenvalue weighted by Gasteiger charge is -2.10. The molecule has 2 N–H and O–H groups in total. The van der Waals surface area contributed by atoms with Crippen LogP contribution in [0, 0.1) is 18.8 Å². The molecule has 2 rings (SSSR count). The van der Waals surface area contributed by atoms with Crippen molar-refractivity contribution in [3.05, 3.63) is 16.1 Å². The predicted octanol–water partition coefficient (Wildman–Crippen LogP) is 2.00. The van der Waals surface area contributed by atoms with Gasteiger partial charge in [-0.15, -0.1) is 11.3 Å². The quantitative estimate of drug-likeness (QED) is 0.787. The molecule has 20 heavy (non-hydrogen) atoms. The maximum absolute atomic E-state index is 11.9. The third kappa shape index (κ3) is 3.79. The zero-order valence-electron chi connectivity index (χ0n) is 11.6. The van der Waals surface area contributed by atoms with Crippen LogP contribution in [0.25, 0.3) is 0 Å². The van der Waals surface area contributed by atoms with Crippen LogP contribution in [0.4, 0.5) is 0 Å². The molecule has 0 aliphatic heterocycles. The average Bonchev–Trinajstić information content (AvgIpc) is 3.03. The molecule has 5 nitrogen and oxygen atoms in total. The molecule has 6 heteroatoms. The standard InChI is InChI=1S/C14H20N2O3S/c1-9-12(20-8-16-9)3-2-6-15-13(17)10-4-5-11(7-10)14(18)19/h8,10-11H,2-7H2,1H3,(H,15,17)(H,18,19)/t10-,11+/m0/s1. The predicted molar refractivity (Wildman–Crippen MR) is 76.6 cm³/mol. The van der Waals surface area contributed by atoms with Crippen LogP contribution < -0.4 is 5.32 Å². The van der Waals surface area contributed by atoms with Gasteiger partial charge in [-0.1, -0.05) is 0 Å². The van der Waals surface area contributed by atoms with Crippen LogP contribution in [-0.2, 0) is 16.0 Å². The molecular weight excluding hydrogens is 276 g/mol. The Hall–Kier alpha value is -1.43. The van der Waals surface area contributed by atoms with Gasteiger partial charge in [0, 0.05) is 17.3 Å². The normalized spacial score (nSPS) is 21.9. The zero-order valence-corrected chi connectivity index (χ0v) is 12.4. The van der Waals surface area contributed by atoms with Gasteiger partial charge in [0.1, 0.15) is 0 Å². The summed E-state index contributed by atoms with van der Waals surface area (Å²) in [4.78, 5) is 28.2. The van der Waals surface area contributed by atoms with E-state index in [9.17, 15) is 9.59 Å². The highest BCUT2D eigenvalue weighted by Crippen LogP contribution is 2.31. The summed E-state index contributed by atoms with van der Waals surface area (Å²) in [6.07, 6.45) is 3.61. The molecule has 0 aromatic carbocycles. The highest BCUT2D eigenvalue weighted by atomic mass is 32.1. The summed E-state index contributed by atoms with van der Waals surface area (Å²) in [5.41, 5.74) is 2.91. The molecule has 1 aromatic heterocycles. The summed E-state index contributed by atoms with van der Waals surface area (Å²) in [5, 5.41) is 11.8. The monoisotopic (exact) mass is 296 g/mol. The smallest absolute Gasteiger partial charge is 0.306 e. The van der Waals surface area contributed by atoms with E-state index < -0.39 is 5.97 Å². The fraction of sp³-hybridized carbons (Fsp3) is 0.643. The number of carboxylic acids is 1. The minimum atomic E-state index is -0.777. The van der Waals surface area contributed by atoms with Crippen molar-refractivity contribution in [3.8, 4) is 0 Å². The van der Waals surface area contributed by atoms with E-state index in [4.69, 9.17) is 5.11 Å². The maximum atomic E-state index is 11.9. The number of amides is 1. The maximum Gasteiger partial charge on any atom is 0.306 e. The number of hydrogen-bond acceptors (Lipinski definition) is 4. The number of thiazole rings is 1. The molecule has 0 bridgehead atoms. The Balaban J connectivity index is 1.66. The van der Waals surface area contributed by atoms with Crippen molar-refractivity contribution < 1.29 is 14.7 Å². The molecule has 1 saturated carbocycles. The summed E-state index contributed by atoms with van der Waals surface area (Å²) in [7, 11) is 0. The zero-order chi connectivity index (χ0) is 14.5. The van der Waals surface area contributed by atoms with E-state index in [0.29, 0.717) is 25.8 Å². The van der Waals surface area contributed by atoms with Crippen molar-refractivity contribution in [1.29, 1.82) is 0 Å². The van der Waals surface area contributed by atoms with Crippen LogP contribution in [0.1, 0.15) is 36.3 Å². The number of nitrogens with zero attached hydrogens (tertiary/aromatic N) is 1. The molecule has 1 fully saturated rings. The van der Waals surface area contributed by atoms with E-state index >= 15 is 0 Å². The second kappa shape index (κ2) is 6.83. The third-order valence-electron chi connectivity index (χ3n) is 3.88. The molecule has 1 heterocycles. The average molecular weight is 296 g/mol. The summed E-state index contributed by atoms with van der Waals surface area (Å²) in [5.74, 6) is -1.23. The van der Waals surface area contributed by atoms with Gasteiger partial charge >= 0.3 is 5.97 Å². The van der Waals surface area contributed by atoms with Crippen molar-refractivity contribution in [2.45, 2.75) is 39.0 Å². The first-order chi connectivity index (χ1) is 9.58. The van der Waals surface area contributed by atoms with Gasteiger partial charge in [0.05, 0.1) is 17.1 Å². The van der Waals surface area contributed by atoms with E-state index in [1.165, 1.54) is 4.88 Å². The molecular formula is C14H20N2O3S. The summed E-state index contributed by atoms with van der Waals surface area (Å²) in [6.45, 7) is 2.64. The summed E-state index contributed by atoms with van der Waals surface area (Å²) in [6, 6.07) is 0. The fourth-order valence-electron chi connectivity index (χ4n) is 2.61. The first-order valence-corrected chi connectivity index (χ1v) is 7.85. The number of aromatic nitrogens is 1. The minimum Gasteiger partial charge on any atom is -0.481 e. The lowest BCUT2D eigenvalue weighted by molar-refractivity contribution is -0.141. The Kier molecular flexibility index (Phi) is 5.11. The molecule has 0 radical (unpaired) electrons. The molecule has 2 atom stereocenters. The van der Waals surface area contributed by atoms with Gasteiger partial charge in [-0.25, -0.2) is 4.98 Å².